The summed E-state index contributed by atoms with van der Waals surface area (Å²) in [6, 6.07) is 19.8. The van der Waals surface area contributed by atoms with Crippen molar-refractivity contribution >= 4 is 34.0 Å². The van der Waals surface area contributed by atoms with E-state index >= 15 is 0 Å². The average Bonchev–Trinajstić information content (AvgIpc) is 3.55. The molecule has 6 nitrogen and oxygen atoms in total. The predicted molar refractivity (Wildman–Crippen MR) is 130 cm³/mol. The maximum Gasteiger partial charge on any atom is 0.300 e. The van der Waals surface area contributed by atoms with E-state index in [9.17, 15) is 14.7 Å². The van der Waals surface area contributed by atoms with Crippen molar-refractivity contribution in [2.75, 3.05) is 11.5 Å². The highest BCUT2D eigenvalue weighted by Gasteiger charge is 2.47. The number of aromatic amines is 1. The molecule has 168 valence electrons. The number of rotatable bonds is 3. The molecular formula is C28H22N2O4. The number of aryl methyl sites for hydroxylation is 1. The number of nitrogens with one attached hydrogen (secondary N) is 1. The lowest BCUT2D eigenvalue weighted by Gasteiger charge is -2.25. The van der Waals surface area contributed by atoms with Crippen LogP contribution in [0, 0.1) is 6.92 Å². The van der Waals surface area contributed by atoms with E-state index in [1.54, 1.807) is 12.1 Å². The van der Waals surface area contributed by atoms with Gasteiger partial charge in [0.1, 0.15) is 11.5 Å². The molecule has 1 saturated heterocycles. The van der Waals surface area contributed by atoms with Crippen molar-refractivity contribution in [1.29, 1.82) is 0 Å². The zero-order valence-corrected chi connectivity index (χ0v) is 18.5. The summed E-state index contributed by atoms with van der Waals surface area (Å²) in [4.78, 5) is 31.5. The van der Waals surface area contributed by atoms with Crippen molar-refractivity contribution in [2.45, 2.75) is 19.4 Å². The minimum Gasteiger partial charge on any atom is -0.507 e. The topological polar surface area (TPSA) is 82.6 Å². The van der Waals surface area contributed by atoms with Gasteiger partial charge in [-0.15, -0.1) is 0 Å². The Balaban J connectivity index is 1.59. The second kappa shape index (κ2) is 7.63. The molecule has 4 aromatic rings. The molecule has 1 unspecified atom stereocenters. The predicted octanol–water partition coefficient (Wildman–Crippen LogP) is 5.04. The lowest BCUT2D eigenvalue weighted by molar-refractivity contribution is -0.132. The molecule has 34 heavy (non-hydrogen) atoms. The van der Waals surface area contributed by atoms with Crippen LogP contribution in [0.3, 0.4) is 0 Å². The number of hydrogen-bond acceptors (Lipinski definition) is 4. The molecule has 1 amide bonds. The van der Waals surface area contributed by atoms with E-state index in [0.29, 0.717) is 17.9 Å². The van der Waals surface area contributed by atoms with Gasteiger partial charge in [0.25, 0.3) is 11.7 Å². The van der Waals surface area contributed by atoms with Crippen LogP contribution in [0.2, 0.25) is 0 Å². The van der Waals surface area contributed by atoms with Gasteiger partial charge in [-0.3, -0.25) is 14.5 Å². The first-order chi connectivity index (χ1) is 16.5. The molecule has 1 atom stereocenters. The van der Waals surface area contributed by atoms with Crippen LogP contribution in [0.15, 0.2) is 78.5 Å². The largest absolute Gasteiger partial charge is 0.507 e. The number of anilines is 1. The molecule has 6 heteroatoms. The van der Waals surface area contributed by atoms with Crippen LogP contribution in [0.25, 0.3) is 16.7 Å². The Kier molecular flexibility index (Phi) is 4.55. The summed E-state index contributed by atoms with van der Waals surface area (Å²) in [6.45, 7) is 2.55. The fourth-order valence-electron chi connectivity index (χ4n) is 4.91. The molecule has 2 aliphatic heterocycles. The molecular weight excluding hydrogens is 428 g/mol. The Morgan fingerprint density at radius 3 is 2.68 bits per heavy atom. The number of ketones is 1. The third-order valence-corrected chi connectivity index (χ3v) is 6.64. The van der Waals surface area contributed by atoms with Crippen LogP contribution in [0.4, 0.5) is 5.69 Å². The van der Waals surface area contributed by atoms with Gasteiger partial charge in [-0.25, -0.2) is 0 Å². The van der Waals surface area contributed by atoms with Crippen LogP contribution in [0.1, 0.15) is 28.3 Å². The van der Waals surface area contributed by atoms with E-state index in [0.717, 1.165) is 39.8 Å². The minimum atomic E-state index is -0.775. The van der Waals surface area contributed by atoms with Crippen LogP contribution in [0.5, 0.6) is 5.75 Å². The molecule has 0 aliphatic carbocycles. The smallest absolute Gasteiger partial charge is 0.300 e. The number of Topliss-reactive ketones (excluding diaryl/α,β-unsaturated/α-hetero) is 1. The van der Waals surface area contributed by atoms with Crippen LogP contribution < -0.4 is 9.64 Å². The number of aliphatic hydroxyl groups is 1. The van der Waals surface area contributed by atoms with Gasteiger partial charge < -0.3 is 14.8 Å². The van der Waals surface area contributed by atoms with E-state index in [2.05, 4.69) is 4.98 Å². The van der Waals surface area contributed by atoms with E-state index in [4.69, 9.17) is 4.74 Å². The number of amides is 1. The Labute approximate surface area is 196 Å². The van der Waals surface area contributed by atoms with E-state index < -0.39 is 17.7 Å². The van der Waals surface area contributed by atoms with Crippen LogP contribution >= 0.6 is 0 Å². The number of hydrogen-bond donors (Lipinski definition) is 2. The minimum absolute atomic E-state index is 0.0780. The number of carbonyl (C=O) groups is 2. The van der Waals surface area contributed by atoms with Gasteiger partial charge >= 0.3 is 0 Å². The second-order valence-corrected chi connectivity index (χ2v) is 8.72. The first kappa shape index (κ1) is 20.3. The molecule has 0 spiro atoms. The lowest BCUT2D eigenvalue weighted by atomic mass is 9.94. The lowest BCUT2D eigenvalue weighted by Crippen LogP contribution is -2.29. The zero-order chi connectivity index (χ0) is 23.4. The van der Waals surface area contributed by atoms with E-state index in [-0.39, 0.29) is 11.3 Å². The fourth-order valence-corrected chi connectivity index (χ4v) is 4.91. The standard InChI is InChI=1S/C28H22N2O4/c1-16-6-9-19(10-7-16)30-25(21-15-29-22-5-3-2-4-20(21)22)24(27(32)28(30)33)26(31)18-8-11-23-17(14-18)12-13-34-23/h2-11,14-15,25,29,31H,12-13H2,1H3/b26-24+. The highest BCUT2D eigenvalue weighted by molar-refractivity contribution is 6.51. The van der Waals surface area contributed by atoms with Gasteiger partial charge in [-0.05, 0) is 48.9 Å². The Hall–Kier alpha value is -4.32. The summed E-state index contributed by atoms with van der Waals surface area (Å²) in [5, 5.41) is 12.3. The molecule has 1 fully saturated rings. The van der Waals surface area contributed by atoms with Crippen LogP contribution in [-0.2, 0) is 16.0 Å². The summed E-state index contributed by atoms with van der Waals surface area (Å²) < 4.78 is 5.58. The number of aliphatic hydroxyl groups excluding tert-OH is 1. The monoisotopic (exact) mass is 450 g/mol. The Morgan fingerprint density at radius 1 is 1.06 bits per heavy atom. The normalized spacial score (nSPS) is 19.0. The first-order valence-corrected chi connectivity index (χ1v) is 11.2. The fraction of sp³-hybridized carbons (Fsp3) is 0.143. The van der Waals surface area contributed by atoms with Gasteiger partial charge in [0.2, 0.25) is 0 Å². The molecule has 0 saturated carbocycles. The maximum atomic E-state index is 13.4. The van der Waals surface area contributed by atoms with Crippen molar-refractivity contribution in [3.63, 3.8) is 0 Å². The van der Waals surface area contributed by atoms with Crippen LogP contribution in [-0.4, -0.2) is 28.4 Å². The number of H-pyrrole nitrogens is 1. The maximum absolute atomic E-state index is 13.4. The second-order valence-electron chi connectivity index (χ2n) is 8.72. The zero-order valence-electron chi connectivity index (χ0n) is 18.5. The average molecular weight is 450 g/mol. The number of fused-ring (bicyclic) bond motifs is 2. The molecule has 1 aromatic heterocycles. The summed E-state index contributed by atoms with van der Waals surface area (Å²) in [5.74, 6) is -0.766. The third-order valence-electron chi connectivity index (χ3n) is 6.64. The van der Waals surface area contributed by atoms with Crippen molar-refractivity contribution in [3.8, 4) is 5.75 Å². The van der Waals surface area contributed by atoms with E-state index in [1.807, 2.05) is 67.7 Å². The number of ether oxygens (including phenoxy) is 1. The molecule has 3 aromatic carbocycles. The highest BCUT2D eigenvalue weighted by Crippen LogP contribution is 2.44. The number of carbonyl (C=O) groups excluding carboxylic acids is 2. The first-order valence-electron chi connectivity index (χ1n) is 11.2. The van der Waals surface area contributed by atoms with Crippen molar-refractivity contribution in [2.24, 2.45) is 0 Å². The summed E-state index contributed by atoms with van der Waals surface area (Å²) in [6.07, 6.45) is 2.55. The van der Waals surface area contributed by atoms with Gasteiger partial charge in [-0.1, -0.05) is 35.9 Å². The summed E-state index contributed by atoms with van der Waals surface area (Å²) >= 11 is 0. The van der Waals surface area contributed by atoms with Gasteiger partial charge in [-0.2, -0.15) is 0 Å². The third kappa shape index (κ3) is 3.03. The van der Waals surface area contributed by atoms with Crippen molar-refractivity contribution in [1.82, 2.24) is 4.98 Å². The van der Waals surface area contributed by atoms with Gasteiger partial charge in [0.15, 0.2) is 0 Å². The number of benzene rings is 3. The Bertz CT molecular complexity index is 1500. The van der Waals surface area contributed by atoms with Crippen molar-refractivity contribution < 1.29 is 19.4 Å². The van der Waals surface area contributed by atoms with Crippen molar-refractivity contribution in [3.05, 3.63) is 101 Å². The number of para-hydroxylation sites is 1. The van der Waals surface area contributed by atoms with Gasteiger partial charge in [0.05, 0.1) is 18.2 Å². The molecule has 0 radical (unpaired) electrons. The quantitative estimate of drug-likeness (QED) is 0.260. The molecule has 2 aliphatic rings. The SMILES string of the molecule is Cc1ccc(N2C(=O)C(=O)/C(=C(/O)c3ccc4c(c3)CCO4)C2c2c[nH]c3ccccc23)cc1. The number of aromatic nitrogens is 1. The van der Waals surface area contributed by atoms with Gasteiger partial charge in [0, 0.05) is 40.3 Å². The van der Waals surface area contributed by atoms with E-state index in [1.165, 1.54) is 4.90 Å². The molecule has 6 rings (SSSR count). The molecule has 0 bridgehead atoms. The molecule has 2 N–H and O–H groups in total. The molecule has 3 heterocycles. The Morgan fingerprint density at radius 2 is 1.85 bits per heavy atom. The summed E-state index contributed by atoms with van der Waals surface area (Å²) in [7, 11) is 0. The summed E-state index contributed by atoms with van der Waals surface area (Å²) in [5.41, 5.74) is 4.84. The number of nitrogens with zero attached hydrogens (tertiary/aromatic N) is 1. The highest BCUT2D eigenvalue weighted by atomic mass is 16.5.